The van der Waals surface area contributed by atoms with Gasteiger partial charge < -0.3 is 5.11 Å². The number of nitrogens with zero attached hydrogens (tertiary/aromatic N) is 3. The molecule has 2 rings (SSSR count). The summed E-state index contributed by atoms with van der Waals surface area (Å²) < 4.78 is 14.8. The summed E-state index contributed by atoms with van der Waals surface area (Å²) in [5.41, 5.74) is 0.942. The molecule has 0 saturated carbocycles. The van der Waals surface area contributed by atoms with Gasteiger partial charge in [0.2, 0.25) is 0 Å². The molecule has 0 fully saturated rings. The quantitative estimate of drug-likeness (QED) is 0.743. The van der Waals surface area contributed by atoms with Gasteiger partial charge in [-0.15, -0.1) is 5.10 Å². The van der Waals surface area contributed by atoms with E-state index in [2.05, 4.69) is 10.3 Å². The Balaban J connectivity index is 2.58. The number of aromatic hydroxyl groups is 1. The Morgan fingerprint density at radius 2 is 2.21 bits per heavy atom. The zero-order valence-corrected chi connectivity index (χ0v) is 7.48. The van der Waals surface area contributed by atoms with Gasteiger partial charge in [0, 0.05) is 18.7 Å². The molecule has 14 heavy (non-hydrogen) atoms. The molecule has 1 aromatic carbocycles. The van der Waals surface area contributed by atoms with Crippen LogP contribution < -0.4 is 0 Å². The molecule has 0 saturated heterocycles. The number of benzene rings is 1. The Hall–Kier alpha value is -1.91. The van der Waals surface area contributed by atoms with Gasteiger partial charge in [-0.1, -0.05) is 5.21 Å². The predicted octanol–water partition coefficient (Wildman–Crippen LogP) is 1.33. The fraction of sp³-hybridized carbons (Fsp3) is 0.111. The summed E-state index contributed by atoms with van der Waals surface area (Å²) in [5.74, 6) is -0.586. The minimum absolute atomic E-state index is 0.0959. The van der Waals surface area contributed by atoms with Crippen LogP contribution in [0.2, 0.25) is 0 Å². The second-order valence-corrected chi connectivity index (χ2v) is 2.91. The highest BCUT2D eigenvalue weighted by molar-refractivity contribution is 5.60. The van der Waals surface area contributed by atoms with E-state index in [1.54, 1.807) is 7.05 Å². The molecule has 1 heterocycles. The summed E-state index contributed by atoms with van der Waals surface area (Å²) in [6.07, 6.45) is 1.47. The van der Waals surface area contributed by atoms with E-state index in [0.717, 1.165) is 6.07 Å². The Morgan fingerprint density at radius 1 is 1.43 bits per heavy atom. The molecule has 4 nitrogen and oxygen atoms in total. The fourth-order valence-electron chi connectivity index (χ4n) is 1.25. The van der Waals surface area contributed by atoms with Crippen LogP contribution in [-0.2, 0) is 7.05 Å². The predicted molar refractivity (Wildman–Crippen MR) is 48.1 cm³/mol. The Bertz CT molecular complexity index is 467. The van der Waals surface area contributed by atoms with Crippen molar-refractivity contribution in [3.8, 4) is 17.0 Å². The Kier molecular flexibility index (Phi) is 1.92. The molecule has 1 aromatic heterocycles. The van der Waals surface area contributed by atoms with Gasteiger partial charge in [0.1, 0.15) is 11.6 Å². The van der Waals surface area contributed by atoms with Crippen molar-refractivity contribution < 1.29 is 9.50 Å². The smallest absolute Gasteiger partial charge is 0.136 e. The molecule has 72 valence electrons. The molecule has 0 aliphatic rings. The first-order valence-corrected chi connectivity index (χ1v) is 4.02. The van der Waals surface area contributed by atoms with Gasteiger partial charge in [-0.05, 0) is 12.1 Å². The van der Waals surface area contributed by atoms with Crippen LogP contribution >= 0.6 is 0 Å². The molecule has 0 bridgehead atoms. The molecular weight excluding hydrogens is 185 g/mol. The van der Waals surface area contributed by atoms with E-state index in [4.69, 9.17) is 5.11 Å². The Morgan fingerprint density at radius 3 is 2.79 bits per heavy atom. The minimum atomic E-state index is -0.490. The highest BCUT2D eigenvalue weighted by Gasteiger charge is 2.09. The molecule has 0 amide bonds. The normalized spacial score (nSPS) is 10.4. The molecule has 5 heteroatoms. The van der Waals surface area contributed by atoms with Gasteiger partial charge >= 0.3 is 0 Å². The van der Waals surface area contributed by atoms with E-state index < -0.39 is 5.82 Å². The summed E-state index contributed by atoms with van der Waals surface area (Å²) in [4.78, 5) is 0. The maximum Gasteiger partial charge on any atom is 0.136 e. The second kappa shape index (κ2) is 3.10. The lowest BCUT2D eigenvalue weighted by atomic mass is 10.1. The fourth-order valence-corrected chi connectivity index (χ4v) is 1.25. The molecule has 0 atom stereocenters. The first-order chi connectivity index (χ1) is 6.68. The van der Waals surface area contributed by atoms with Crippen LogP contribution in [0.1, 0.15) is 0 Å². The maximum atomic E-state index is 13.4. The van der Waals surface area contributed by atoms with Crippen molar-refractivity contribution in [2.45, 2.75) is 0 Å². The van der Waals surface area contributed by atoms with Crippen LogP contribution in [0.4, 0.5) is 4.39 Å². The van der Waals surface area contributed by atoms with E-state index in [1.807, 2.05) is 0 Å². The van der Waals surface area contributed by atoms with E-state index in [9.17, 15) is 4.39 Å². The standard InChI is InChI=1S/C9H8FN3O/c1-13-9(5-11-12-13)7-3-2-6(14)4-8(7)10/h2-5,14H,1H3. The topological polar surface area (TPSA) is 50.9 Å². The number of rotatable bonds is 1. The summed E-state index contributed by atoms with van der Waals surface area (Å²) in [6, 6.07) is 3.97. The average molecular weight is 193 g/mol. The summed E-state index contributed by atoms with van der Waals surface area (Å²) in [6.45, 7) is 0. The van der Waals surface area contributed by atoms with Crippen LogP contribution in [0, 0.1) is 5.82 Å². The summed E-state index contributed by atoms with van der Waals surface area (Å²) >= 11 is 0. The van der Waals surface area contributed by atoms with Crippen molar-refractivity contribution in [1.29, 1.82) is 0 Å². The number of hydrogen-bond donors (Lipinski definition) is 1. The average Bonchev–Trinajstić information content (AvgIpc) is 2.52. The van der Waals surface area contributed by atoms with E-state index in [-0.39, 0.29) is 5.75 Å². The Labute approximate surface area is 79.6 Å². The molecule has 0 aliphatic heterocycles. The van der Waals surface area contributed by atoms with Gasteiger partial charge in [0.15, 0.2) is 0 Å². The van der Waals surface area contributed by atoms with Crippen molar-refractivity contribution in [1.82, 2.24) is 15.0 Å². The monoisotopic (exact) mass is 193 g/mol. The van der Waals surface area contributed by atoms with Gasteiger partial charge in [-0.25, -0.2) is 9.07 Å². The zero-order valence-electron chi connectivity index (χ0n) is 7.48. The lowest BCUT2D eigenvalue weighted by Crippen LogP contribution is -1.95. The first kappa shape index (κ1) is 8.68. The van der Waals surface area contributed by atoms with Gasteiger partial charge in [-0.2, -0.15) is 0 Å². The number of aromatic nitrogens is 3. The van der Waals surface area contributed by atoms with E-state index in [0.29, 0.717) is 11.3 Å². The highest BCUT2D eigenvalue weighted by atomic mass is 19.1. The first-order valence-electron chi connectivity index (χ1n) is 4.02. The number of phenolic OH excluding ortho intramolecular Hbond substituents is 1. The lowest BCUT2D eigenvalue weighted by molar-refractivity contribution is 0.469. The third-order valence-electron chi connectivity index (χ3n) is 1.94. The van der Waals surface area contributed by atoms with Crippen LogP contribution in [0.3, 0.4) is 0 Å². The van der Waals surface area contributed by atoms with Crippen LogP contribution in [-0.4, -0.2) is 20.1 Å². The largest absolute Gasteiger partial charge is 0.508 e. The molecule has 0 unspecified atom stereocenters. The van der Waals surface area contributed by atoms with Gasteiger partial charge in [0.25, 0.3) is 0 Å². The van der Waals surface area contributed by atoms with E-state index in [1.165, 1.54) is 23.0 Å². The molecule has 0 spiro atoms. The minimum Gasteiger partial charge on any atom is -0.508 e. The molecule has 1 N–H and O–H groups in total. The lowest BCUT2D eigenvalue weighted by Gasteiger charge is -2.02. The molecule has 0 aliphatic carbocycles. The van der Waals surface area contributed by atoms with Crippen LogP contribution in [0.15, 0.2) is 24.4 Å². The third-order valence-corrected chi connectivity index (χ3v) is 1.94. The van der Waals surface area contributed by atoms with E-state index >= 15 is 0 Å². The van der Waals surface area contributed by atoms with Crippen molar-refractivity contribution in [2.75, 3.05) is 0 Å². The van der Waals surface area contributed by atoms with Crippen LogP contribution in [0.25, 0.3) is 11.3 Å². The van der Waals surface area contributed by atoms with Gasteiger partial charge in [-0.3, -0.25) is 0 Å². The molecule has 2 aromatic rings. The zero-order chi connectivity index (χ0) is 10.1. The van der Waals surface area contributed by atoms with Crippen LogP contribution in [0.5, 0.6) is 5.75 Å². The molecular formula is C9H8FN3O. The summed E-state index contributed by atoms with van der Waals surface area (Å²) in [7, 11) is 1.68. The summed E-state index contributed by atoms with van der Waals surface area (Å²) in [5, 5.41) is 16.4. The number of phenols is 1. The third kappa shape index (κ3) is 1.32. The second-order valence-electron chi connectivity index (χ2n) is 2.91. The van der Waals surface area contributed by atoms with Gasteiger partial charge in [0.05, 0.1) is 11.9 Å². The maximum absolute atomic E-state index is 13.4. The molecule has 0 radical (unpaired) electrons. The number of hydrogen-bond acceptors (Lipinski definition) is 3. The SMILES string of the molecule is Cn1nncc1-c1ccc(O)cc1F. The number of aryl methyl sites for hydroxylation is 1. The number of halogens is 1. The van der Waals surface area contributed by atoms with Crippen molar-refractivity contribution in [3.05, 3.63) is 30.2 Å². The van der Waals surface area contributed by atoms with Crippen molar-refractivity contribution in [3.63, 3.8) is 0 Å². The van der Waals surface area contributed by atoms with Crippen molar-refractivity contribution >= 4 is 0 Å². The van der Waals surface area contributed by atoms with Crippen molar-refractivity contribution in [2.24, 2.45) is 7.05 Å². The highest BCUT2D eigenvalue weighted by Crippen LogP contribution is 2.24.